The molecule has 28 heavy (non-hydrogen) atoms. The van der Waals surface area contributed by atoms with Crippen LogP contribution in [0.2, 0.25) is 0 Å². The molecule has 0 spiro atoms. The van der Waals surface area contributed by atoms with Crippen LogP contribution in [0.4, 0.5) is 0 Å². The zero-order chi connectivity index (χ0) is 20.3. The largest absolute Gasteiger partial charge is 0.481 e. The van der Waals surface area contributed by atoms with Crippen LogP contribution in [0.3, 0.4) is 0 Å². The van der Waals surface area contributed by atoms with E-state index in [2.05, 4.69) is 4.98 Å². The van der Waals surface area contributed by atoms with E-state index in [1.54, 1.807) is 19.1 Å². The van der Waals surface area contributed by atoms with E-state index in [0.29, 0.717) is 11.3 Å². The molecular weight excluding hydrogens is 360 g/mol. The van der Waals surface area contributed by atoms with Gasteiger partial charge in [0.1, 0.15) is 5.75 Å². The molecule has 0 saturated carbocycles. The minimum Gasteiger partial charge on any atom is -0.481 e. The predicted molar refractivity (Wildman–Crippen MR) is 103 cm³/mol. The number of aromatic amines is 1. The molecule has 7 nitrogen and oxygen atoms in total. The zero-order valence-electron chi connectivity index (χ0n) is 15.5. The van der Waals surface area contributed by atoms with E-state index in [4.69, 9.17) is 15.2 Å². The summed E-state index contributed by atoms with van der Waals surface area (Å²) in [6.07, 6.45) is -0.986. The number of carbonyl (C=O) groups excluding carboxylic acids is 3. The summed E-state index contributed by atoms with van der Waals surface area (Å²) < 4.78 is 10.6. The number of ketones is 1. The van der Waals surface area contributed by atoms with Crippen LogP contribution < -0.4 is 10.5 Å². The lowest BCUT2D eigenvalue weighted by molar-refractivity contribution is -0.148. The van der Waals surface area contributed by atoms with E-state index >= 15 is 0 Å². The number of Topliss-reactive ketones (excluding diaryl/α,β-unsaturated/α-hetero) is 1. The minimum absolute atomic E-state index is 0.161. The van der Waals surface area contributed by atoms with Gasteiger partial charge in [-0.3, -0.25) is 9.59 Å². The maximum absolute atomic E-state index is 12.8. The summed E-state index contributed by atoms with van der Waals surface area (Å²) in [6.45, 7) is 2.86. The van der Waals surface area contributed by atoms with E-state index in [9.17, 15) is 14.4 Å². The molecule has 0 fully saturated rings. The smallest absolute Gasteiger partial charge is 0.344 e. The number of amides is 1. The number of nitrogens with one attached hydrogen (secondary N) is 1. The van der Waals surface area contributed by atoms with Gasteiger partial charge in [0.15, 0.2) is 12.7 Å². The van der Waals surface area contributed by atoms with Crippen molar-refractivity contribution in [3.63, 3.8) is 0 Å². The first kappa shape index (κ1) is 19.2. The van der Waals surface area contributed by atoms with Gasteiger partial charge in [-0.15, -0.1) is 0 Å². The van der Waals surface area contributed by atoms with Crippen molar-refractivity contribution in [2.45, 2.75) is 20.0 Å². The molecule has 0 saturated heterocycles. The number of nitrogens with two attached hydrogens (primary N) is 1. The fourth-order valence-electron chi connectivity index (χ4n) is 3.01. The summed E-state index contributed by atoms with van der Waals surface area (Å²) in [5.74, 6) is -1.51. The van der Waals surface area contributed by atoms with Crippen LogP contribution in [0.5, 0.6) is 5.75 Å². The molecule has 3 N–H and O–H groups in total. The van der Waals surface area contributed by atoms with Gasteiger partial charge in [-0.25, -0.2) is 4.79 Å². The second-order valence-electron chi connectivity index (χ2n) is 6.32. The topological polar surface area (TPSA) is 111 Å². The number of para-hydroxylation sites is 2. The molecule has 0 aliphatic carbocycles. The minimum atomic E-state index is -0.986. The maximum Gasteiger partial charge on any atom is 0.344 e. The number of carbonyl (C=O) groups is 3. The first-order valence-electron chi connectivity index (χ1n) is 8.71. The number of H-pyrrole nitrogens is 1. The predicted octanol–water partition coefficient (Wildman–Crippen LogP) is 2.77. The van der Waals surface area contributed by atoms with Gasteiger partial charge in [0.05, 0.1) is 5.56 Å². The van der Waals surface area contributed by atoms with E-state index in [0.717, 1.165) is 10.9 Å². The molecule has 1 amide bonds. The van der Waals surface area contributed by atoms with Crippen LogP contribution in [0.1, 0.15) is 33.3 Å². The Kier molecular flexibility index (Phi) is 5.44. The molecule has 2 aromatic carbocycles. The van der Waals surface area contributed by atoms with Crippen LogP contribution in [-0.4, -0.2) is 35.4 Å². The molecule has 3 aromatic rings. The summed E-state index contributed by atoms with van der Waals surface area (Å²) in [4.78, 5) is 39.4. The summed E-state index contributed by atoms with van der Waals surface area (Å²) in [7, 11) is 0. The van der Waals surface area contributed by atoms with Gasteiger partial charge in [-0.05, 0) is 32.0 Å². The molecular formula is C21H20N2O5. The number of hydrogen-bond donors (Lipinski definition) is 2. The Balaban J connectivity index is 1.67. The van der Waals surface area contributed by atoms with Crippen molar-refractivity contribution in [3.8, 4) is 5.75 Å². The van der Waals surface area contributed by atoms with Crippen LogP contribution in [0.15, 0.2) is 48.5 Å². The Bertz CT molecular complexity index is 1050. The summed E-state index contributed by atoms with van der Waals surface area (Å²) in [5, 5.41) is 0.777. The molecule has 0 bridgehead atoms. The van der Waals surface area contributed by atoms with Crippen molar-refractivity contribution in [1.29, 1.82) is 0 Å². The third-order valence-electron chi connectivity index (χ3n) is 4.32. The maximum atomic E-state index is 12.8. The average molecular weight is 380 g/mol. The number of primary amides is 1. The van der Waals surface area contributed by atoms with Gasteiger partial charge < -0.3 is 20.2 Å². The molecule has 3 rings (SSSR count). The van der Waals surface area contributed by atoms with Gasteiger partial charge >= 0.3 is 5.97 Å². The number of rotatable bonds is 7. The van der Waals surface area contributed by atoms with Crippen molar-refractivity contribution in [1.82, 2.24) is 4.98 Å². The number of benzene rings is 2. The molecule has 1 heterocycles. The quantitative estimate of drug-likeness (QED) is 0.484. The highest BCUT2D eigenvalue weighted by Gasteiger charge is 2.24. The number of aromatic nitrogens is 1. The molecule has 144 valence electrons. The number of esters is 1. The Labute approximate surface area is 161 Å². The van der Waals surface area contributed by atoms with Crippen molar-refractivity contribution in [3.05, 3.63) is 65.4 Å². The van der Waals surface area contributed by atoms with Gasteiger partial charge in [-0.1, -0.05) is 30.3 Å². The number of aryl methyl sites for hydroxylation is 1. The van der Waals surface area contributed by atoms with E-state index in [1.807, 2.05) is 24.3 Å². The highest BCUT2D eigenvalue weighted by molar-refractivity contribution is 6.11. The molecule has 1 aromatic heterocycles. The van der Waals surface area contributed by atoms with Crippen LogP contribution in [0, 0.1) is 6.92 Å². The third-order valence-corrected chi connectivity index (χ3v) is 4.32. The van der Waals surface area contributed by atoms with Crippen LogP contribution in [0.25, 0.3) is 10.9 Å². The standard InChI is InChI=1S/C21H20N2O5/c1-12-19(14-7-3-5-9-16(14)23-12)20(25)13(2)28-18(24)11-27-17-10-6-4-8-15(17)21(22)26/h3-10,13,23H,11H2,1-2H3,(H2,22,26)/t13-/m0/s1. The summed E-state index contributed by atoms with van der Waals surface area (Å²) in [6, 6.07) is 13.7. The second kappa shape index (κ2) is 7.96. The van der Waals surface area contributed by atoms with Crippen molar-refractivity contribution >= 4 is 28.6 Å². The SMILES string of the molecule is Cc1[nH]c2ccccc2c1C(=O)[C@H](C)OC(=O)COc1ccccc1C(N)=O. The van der Waals surface area contributed by atoms with E-state index in [1.165, 1.54) is 19.1 Å². The monoisotopic (exact) mass is 380 g/mol. The first-order chi connectivity index (χ1) is 13.4. The Hall–Kier alpha value is -3.61. The Morgan fingerprint density at radius 3 is 2.50 bits per heavy atom. The molecule has 1 atom stereocenters. The molecule has 0 aliphatic rings. The van der Waals surface area contributed by atoms with Gasteiger partial charge in [0.25, 0.3) is 5.91 Å². The average Bonchev–Trinajstić information content (AvgIpc) is 3.01. The Morgan fingerprint density at radius 1 is 1.07 bits per heavy atom. The normalized spacial score (nSPS) is 11.8. The van der Waals surface area contributed by atoms with Crippen LogP contribution >= 0.6 is 0 Å². The van der Waals surface area contributed by atoms with Crippen molar-refractivity contribution in [2.24, 2.45) is 5.73 Å². The Morgan fingerprint density at radius 2 is 1.75 bits per heavy atom. The lowest BCUT2D eigenvalue weighted by Gasteiger charge is -2.14. The van der Waals surface area contributed by atoms with Crippen LogP contribution in [-0.2, 0) is 9.53 Å². The fraction of sp³-hybridized carbons (Fsp3) is 0.190. The molecule has 0 radical (unpaired) electrons. The van der Waals surface area contributed by atoms with Gasteiger partial charge in [0, 0.05) is 22.2 Å². The number of ether oxygens (including phenoxy) is 2. The number of fused-ring (bicyclic) bond motifs is 1. The van der Waals surface area contributed by atoms with E-state index < -0.39 is 24.6 Å². The number of hydrogen-bond acceptors (Lipinski definition) is 5. The molecule has 7 heteroatoms. The van der Waals surface area contributed by atoms with Crippen molar-refractivity contribution in [2.75, 3.05) is 6.61 Å². The summed E-state index contributed by atoms with van der Waals surface area (Å²) in [5.41, 5.74) is 7.48. The molecule has 0 aliphatic heterocycles. The van der Waals surface area contributed by atoms with Crippen molar-refractivity contribution < 1.29 is 23.9 Å². The lowest BCUT2D eigenvalue weighted by atomic mass is 10.0. The second-order valence-corrected chi connectivity index (χ2v) is 6.32. The molecule has 0 unspecified atom stereocenters. The first-order valence-corrected chi connectivity index (χ1v) is 8.71. The summed E-state index contributed by atoms with van der Waals surface area (Å²) >= 11 is 0. The third kappa shape index (κ3) is 3.88. The highest BCUT2D eigenvalue weighted by atomic mass is 16.6. The van der Waals surface area contributed by atoms with Gasteiger partial charge in [-0.2, -0.15) is 0 Å². The lowest BCUT2D eigenvalue weighted by Crippen LogP contribution is -2.28. The highest BCUT2D eigenvalue weighted by Crippen LogP contribution is 2.24. The zero-order valence-corrected chi connectivity index (χ0v) is 15.5. The fourth-order valence-corrected chi connectivity index (χ4v) is 3.01. The van der Waals surface area contributed by atoms with E-state index in [-0.39, 0.29) is 17.1 Å². The van der Waals surface area contributed by atoms with Gasteiger partial charge in [0.2, 0.25) is 5.78 Å².